The molecule has 1 aliphatic carbocycles. The zero-order valence-electron chi connectivity index (χ0n) is 12.9. The lowest BCUT2D eigenvalue weighted by Crippen LogP contribution is -2.40. The molecule has 4 heteroatoms. The van der Waals surface area contributed by atoms with Crippen LogP contribution >= 0.6 is 12.4 Å². The van der Waals surface area contributed by atoms with Crippen molar-refractivity contribution in [2.45, 2.75) is 31.7 Å². The van der Waals surface area contributed by atoms with Crippen molar-refractivity contribution in [2.75, 3.05) is 25.0 Å². The Morgan fingerprint density at radius 3 is 2.64 bits per heavy atom. The van der Waals surface area contributed by atoms with Gasteiger partial charge in [0.15, 0.2) is 0 Å². The molecule has 0 atom stereocenters. The van der Waals surface area contributed by atoms with Crippen molar-refractivity contribution in [1.29, 1.82) is 0 Å². The summed E-state index contributed by atoms with van der Waals surface area (Å²) in [6, 6.07) is 9.29. The van der Waals surface area contributed by atoms with Crippen LogP contribution in [0.1, 0.15) is 25.7 Å². The summed E-state index contributed by atoms with van der Waals surface area (Å²) >= 11 is 0. The van der Waals surface area contributed by atoms with Crippen molar-refractivity contribution in [1.82, 2.24) is 9.88 Å². The first-order valence-electron chi connectivity index (χ1n) is 8.19. The lowest BCUT2D eigenvalue weighted by molar-refractivity contribution is 0.211. The Balaban J connectivity index is 0.00000144. The van der Waals surface area contributed by atoms with E-state index in [9.17, 15) is 0 Å². The lowest BCUT2D eigenvalue weighted by atomic mass is 10.0. The van der Waals surface area contributed by atoms with E-state index in [-0.39, 0.29) is 12.4 Å². The van der Waals surface area contributed by atoms with Gasteiger partial charge in [0.05, 0.1) is 0 Å². The summed E-state index contributed by atoms with van der Waals surface area (Å²) < 4.78 is 0. The van der Waals surface area contributed by atoms with E-state index in [0.29, 0.717) is 6.04 Å². The molecule has 2 heterocycles. The number of fused-ring (bicyclic) bond motifs is 1. The van der Waals surface area contributed by atoms with Crippen molar-refractivity contribution in [2.24, 2.45) is 5.92 Å². The van der Waals surface area contributed by atoms with Crippen LogP contribution in [0, 0.1) is 5.92 Å². The van der Waals surface area contributed by atoms with Gasteiger partial charge in [-0.1, -0.05) is 6.07 Å². The first kappa shape index (κ1) is 15.6. The van der Waals surface area contributed by atoms with Crippen LogP contribution in [0.25, 0.3) is 10.8 Å². The van der Waals surface area contributed by atoms with Crippen molar-refractivity contribution in [3.05, 3.63) is 36.7 Å². The largest absolute Gasteiger partial charge is 0.382 e. The molecular formula is C18H24ClN3. The molecule has 1 saturated carbocycles. The minimum absolute atomic E-state index is 0. The van der Waals surface area contributed by atoms with Crippen LogP contribution in [-0.2, 0) is 0 Å². The molecule has 0 bridgehead atoms. The molecular weight excluding hydrogens is 294 g/mol. The Kier molecular flexibility index (Phi) is 4.84. The van der Waals surface area contributed by atoms with Crippen molar-refractivity contribution in [3.63, 3.8) is 0 Å². The number of pyridine rings is 1. The van der Waals surface area contributed by atoms with Crippen LogP contribution < -0.4 is 5.32 Å². The Bertz CT molecular complexity index is 619. The molecule has 118 valence electrons. The number of anilines is 1. The van der Waals surface area contributed by atoms with E-state index in [2.05, 4.69) is 39.5 Å². The maximum Gasteiger partial charge on any atom is 0.0348 e. The van der Waals surface area contributed by atoms with Crippen molar-refractivity contribution in [3.8, 4) is 0 Å². The highest BCUT2D eigenvalue weighted by atomic mass is 35.5. The van der Waals surface area contributed by atoms with Gasteiger partial charge < -0.3 is 10.2 Å². The zero-order valence-corrected chi connectivity index (χ0v) is 13.7. The maximum atomic E-state index is 4.17. The molecule has 3 nitrogen and oxygen atoms in total. The Morgan fingerprint density at radius 2 is 1.86 bits per heavy atom. The van der Waals surface area contributed by atoms with E-state index in [1.165, 1.54) is 61.8 Å². The Hall–Kier alpha value is -1.32. The third kappa shape index (κ3) is 3.71. The SMILES string of the molecule is Cl.c1cc2cc(NC3CCN(CC4CC4)CC3)ccc2cn1. The summed E-state index contributed by atoms with van der Waals surface area (Å²) in [6.45, 7) is 3.85. The third-order valence-corrected chi connectivity index (χ3v) is 4.81. The molecule has 0 unspecified atom stereocenters. The van der Waals surface area contributed by atoms with Crippen LogP contribution in [0.3, 0.4) is 0 Å². The summed E-state index contributed by atoms with van der Waals surface area (Å²) in [5, 5.41) is 6.19. The molecule has 1 N–H and O–H groups in total. The fourth-order valence-corrected chi connectivity index (χ4v) is 3.33. The van der Waals surface area contributed by atoms with Crippen LogP contribution in [0.2, 0.25) is 0 Å². The van der Waals surface area contributed by atoms with Crippen LogP contribution in [0.15, 0.2) is 36.7 Å². The quantitative estimate of drug-likeness (QED) is 0.925. The number of piperidine rings is 1. The third-order valence-electron chi connectivity index (χ3n) is 4.81. The normalized spacial score (nSPS) is 19.8. The average Bonchev–Trinajstić information content (AvgIpc) is 3.33. The Labute approximate surface area is 138 Å². The minimum Gasteiger partial charge on any atom is -0.382 e. The number of benzene rings is 1. The molecule has 1 saturated heterocycles. The topological polar surface area (TPSA) is 28.2 Å². The summed E-state index contributed by atoms with van der Waals surface area (Å²) in [5.74, 6) is 1.02. The predicted octanol–water partition coefficient (Wildman–Crippen LogP) is 3.94. The number of hydrogen-bond donors (Lipinski definition) is 1. The molecule has 2 aliphatic rings. The molecule has 2 fully saturated rings. The Morgan fingerprint density at radius 1 is 1.05 bits per heavy atom. The number of likely N-dealkylation sites (tertiary alicyclic amines) is 1. The number of nitrogens with zero attached hydrogens (tertiary/aromatic N) is 2. The highest BCUT2D eigenvalue weighted by Gasteiger charge is 2.26. The lowest BCUT2D eigenvalue weighted by Gasteiger charge is -2.33. The molecule has 0 spiro atoms. The average molecular weight is 318 g/mol. The molecule has 4 rings (SSSR count). The van der Waals surface area contributed by atoms with Gasteiger partial charge in [-0.3, -0.25) is 4.98 Å². The summed E-state index contributed by atoms with van der Waals surface area (Å²) in [4.78, 5) is 6.82. The van der Waals surface area contributed by atoms with Gasteiger partial charge in [0.2, 0.25) is 0 Å². The number of hydrogen-bond acceptors (Lipinski definition) is 3. The second kappa shape index (κ2) is 6.84. The minimum atomic E-state index is 0. The summed E-state index contributed by atoms with van der Waals surface area (Å²) in [5.41, 5.74) is 1.24. The molecule has 0 radical (unpaired) electrons. The highest BCUT2D eigenvalue weighted by molar-refractivity contribution is 5.85. The first-order valence-corrected chi connectivity index (χ1v) is 8.19. The van der Waals surface area contributed by atoms with Crippen molar-refractivity contribution >= 4 is 28.9 Å². The van der Waals surface area contributed by atoms with Crippen LogP contribution in [0.4, 0.5) is 5.69 Å². The fraction of sp³-hybridized carbons (Fsp3) is 0.500. The van der Waals surface area contributed by atoms with E-state index in [4.69, 9.17) is 0 Å². The molecule has 1 aliphatic heterocycles. The zero-order chi connectivity index (χ0) is 14.1. The van der Waals surface area contributed by atoms with Gasteiger partial charge in [-0.2, -0.15) is 0 Å². The van der Waals surface area contributed by atoms with E-state index in [0.717, 1.165) is 5.92 Å². The monoisotopic (exact) mass is 317 g/mol. The predicted molar refractivity (Wildman–Crippen MR) is 94.8 cm³/mol. The van der Waals surface area contributed by atoms with E-state index in [1.54, 1.807) is 0 Å². The smallest absolute Gasteiger partial charge is 0.0348 e. The second-order valence-electron chi connectivity index (χ2n) is 6.60. The van der Waals surface area contributed by atoms with Gasteiger partial charge in [-0.05, 0) is 55.2 Å². The highest BCUT2D eigenvalue weighted by Crippen LogP contribution is 2.30. The van der Waals surface area contributed by atoms with Gasteiger partial charge in [0, 0.05) is 49.1 Å². The second-order valence-corrected chi connectivity index (χ2v) is 6.60. The van der Waals surface area contributed by atoms with Gasteiger partial charge in [0.25, 0.3) is 0 Å². The van der Waals surface area contributed by atoms with Crippen molar-refractivity contribution < 1.29 is 0 Å². The van der Waals surface area contributed by atoms with Gasteiger partial charge in [0.1, 0.15) is 0 Å². The van der Waals surface area contributed by atoms with E-state index in [1.807, 2.05) is 12.4 Å². The number of halogens is 1. The summed E-state index contributed by atoms with van der Waals surface area (Å²) in [6.07, 6.45) is 9.24. The standard InChI is InChI=1S/C18H23N3.ClH/c1-2-14(1)13-21-9-6-17(7-10-21)20-18-4-3-16-12-19-8-5-15(16)11-18;/h3-5,8,11-12,14,17,20H,1-2,6-7,9-10,13H2;1H. The number of rotatable bonds is 4. The van der Waals surface area contributed by atoms with E-state index < -0.39 is 0 Å². The van der Waals surface area contributed by atoms with Gasteiger partial charge in [-0.15, -0.1) is 12.4 Å². The maximum absolute atomic E-state index is 4.17. The summed E-state index contributed by atoms with van der Waals surface area (Å²) in [7, 11) is 0. The van der Waals surface area contributed by atoms with Gasteiger partial charge in [-0.25, -0.2) is 0 Å². The molecule has 22 heavy (non-hydrogen) atoms. The number of aromatic nitrogens is 1. The van der Waals surface area contributed by atoms with E-state index >= 15 is 0 Å². The number of nitrogens with one attached hydrogen (secondary N) is 1. The molecule has 2 aromatic rings. The molecule has 0 amide bonds. The molecule has 1 aromatic carbocycles. The fourth-order valence-electron chi connectivity index (χ4n) is 3.33. The van der Waals surface area contributed by atoms with Crippen LogP contribution in [-0.4, -0.2) is 35.6 Å². The first-order chi connectivity index (χ1) is 10.4. The molecule has 1 aromatic heterocycles. The van der Waals surface area contributed by atoms with Gasteiger partial charge >= 0.3 is 0 Å². The van der Waals surface area contributed by atoms with Crippen LogP contribution in [0.5, 0.6) is 0 Å².